The summed E-state index contributed by atoms with van der Waals surface area (Å²) < 4.78 is 37.4. The van der Waals surface area contributed by atoms with Crippen molar-refractivity contribution in [3.8, 4) is 11.8 Å². The minimum Gasteiger partial charge on any atom is -0.345 e. The Morgan fingerprint density at radius 1 is 1.35 bits per heavy atom. The summed E-state index contributed by atoms with van der Waals surface area (Å²) >= 11 is 0. The molecule has 0 heterocycles. The SMILES string of the molecule is CC(C)CC(=O)NCC#Cc1cccc(C(F)(F)F)c1. The van der Waals surface area contributed by atoms with E-state index in [0.717, 1.165) is 12.1 Å². The number of nitrogens with one attached hydrogen (secondary N) is 1. The number of alkyl halides is 3. The molecule has 5 heteroatoms. The largest absolute Gasteiger partial charge is 0.416 e. The normalized spacial score (nSPS) is 10.9. The molecule has 0 aliphatic carbocycles. The van der Waals surface area contributed by atoms with E-state index in [1.54, 1.807) is 0 Å². The maximum Gasteiger partial charge on any atom is 0.416 e. The van der Waals surface area contributed by atoms with Gasteiger partial charge in [0.25, 0.3) is 0 Å². The van der Waals surface area contributed by atoms with Crippen LogP contribution in [0, 0.1) is 17.8 Å². The fourth-order valence-electron chi connectivity index (χ4n) is 1.51. The second-order valence-corrected chi connectivity index (χ2v) is 4.76. The van der Waals surface area contributed by atoms with Crippen molar-refractivity contribution >= 4 is 5.91 Å². The standard InChI is InChI=1S/C15H16F3NO/c1-11(2)9-14(20)19-8-4-6-12-5-3-7-13(10-12)15(16,17)18/h3,5,7,10-11H,8-9H2,1-2H3,(H,19,20). The first-order chi connectivity index (χ1) is 9.29. The highest BCUT2D eigenvalue weighted by Gasteiger charge is 2.30. The first-order valence-electron chi connectivity index (χ1n) is 6.22. The molecule has 2 nitrogen and oxygen atoms in total. The number of hydrogen-bond acceptors (Lipinski definition) is 1. The number of rotatable bonds is 3. The third kappa shape index (κ3) is 5.79. The molecular formula is C15H16F3NO. The van der Waals surface area contributed by atoms with Gasteiger partial charge < -0.3 is 5.32 Å². The minimum absolute atomic E-state index is 0.113. The molecule has 0 bridgehead atoms. The van der Waals surface area contributed by atoms with E-state index in [9.17, 15) is 18.0 Å². The lowest BCUT2D eigenvalue weighted by Gasteiger charge is -2.06. The van der Waals surface area contributed by atoms with Crippen LogP contribution in [0.15, 0.2) is 24.3 Å². The van der Waals surface area contributed by atoms with Gasteiger partial charge in [-0.3, -0.25) is 4.79 Å². The van der Waals surface area contributed by atoms with Crippen molar-refractivity contribution in [2.45, 2.75) is 26.4 Å². The van der Waals surface area contributed by atoms with Crippen LogP contribution in [0.2, 0.25) is 0 Å². The second kappa shape index (κ2) is 6.99. The molecule has 1 N–H and O–H groups in total. The predicted octanol–water partition coefficient (Wildman–Crippen LogP) is 3.22. The van der Waals surface area contributed by atoms with Gasteiger partial charge in [0.15, 0.2) is 0 Å². The zero-order chi connectivity index (χ0) is 15.2. The van der Waals surface area contributed by atoms with Gasteiger partial charge in [0.05, 0.1) is 12.1 Å². The van der Waals surface area contributed by atoms with Gasteiger partial charge in [-0.25, -0.2) is 0 Å². The van der Waals surface area contributed by atoms with E-state index in [-0.39, 0.29) is 23.9 Å². The van der Waals surface area contributed by atoms with Crippen LogP contribution in [-0.4, -0.2) is 12.5 Å². The van der Waals surface area contributed by atoms with Crippen LogP contribution in [0.3, 0.4) is 0 Å². The van der Waals surface area contributed by atoms with Gasteiger partial charge in [-0.1, -0.05) is 31.8 Å². The van der Waals surface area contributed by atoms with Gasteiger partial charge in [0.1, 0.15) is 0 Å². The zero-order valence-corrected chi connectivity index (χ0v) is 11.3. The molecule has 0 unspecified atom stereocenters. The van der Waals surface area contributed by atoms with E-state index >= 15 is 0 Å². The quantitative estimate of drug-likeness (QED) is 0.848. The lowest BCUT2D eigenvalue weighted by Crippen LogP contribution is -2.24. The average Bonchev–Trinajstić information content (AvgIpc) is 2.33. The van der Waals surface area contributed by atoms with Crippen LogP contribution >= 0.6 is 0 Å². The fraction of sp³-hybridized carbons (Fsp3) is 0.400. The van der Waals surface area contributed by atoms with Crippen molar-refractivity contribution in [3.63, 3.8) is 0 Å². The molecule has 0 atom stereocenters. The lowest BCUT2D eigenvalue weighted by molar-refractivity contribution is -0.137. The van der Waals surface area contributed by atoms with E-state index in [4.69, 9.17) is 0 Å². The summed E-state index contributed by atoms with van der Waals surface area (Å²) in [5.74, 6) is 5.38. The molecule has 1 amide bonds. The van der Waals surface area contributed by atoms with Crippen molar-refractivity contribution in [2.24, 2.45) is 5.92 Å². The fourth-order valence-corrected chi connectivity index (χ4v) is 1.51. The molecule has 1 rings (SSSR count). The minimum atomic E-state index is -4.37. The highest BCUT2D eigenvalue weighted by molar-refractivity contribution is 5.76. The van der Waals surface area contributed by atoms with E-state index in [1.165, 1.54) is 12.1 Å². The Balaban J connectivity index is 2.58. The number of carbonyl (C=O) groups is 1. The van der Waals surface area contributed by atoms with Crippen LogP contribution < -0.4 is 5.32 Å². The highest BCUT2D eigenvalue weighted by Crippen LogP contribution is 2.29. The number of amides is 1. The predicted molar refractivity (Wildman–Crippen MR) is 70.8 cm³/mol. The van der Waals surface area contributed by atoms with Gasteiger partial charge >= 0.3 is 6.18 Å². The van der Waals surface area contributed by atoms with Crippen LogP contribution in [0.25, 0.3) is 0 Å². The zero-order valence-electron chi connectivity index (χ0n) is 11.3. The third-order valence-corrected chi connectivity index (χ3v) is 2.39. The molecule has 0 aliphatic heterocycles. The molecule has 1 aromatic carbocycles. The smallest absolute Gasteiger partial charge is 0.345 e. The average molecular weight is 283 g/mol. The summed E-state index contributed by atoms with van der Waals surface area (Å²) in [7, 11) is 0. The van der Waals surface area contributed by atoms with Gasteiger partial charge in [0, 0.05) is 12.0 Å². The summed E-state index contributed by atoms with van der Waals surface area (Å²) in [5, 5.41) is 2.59. The van der Waals surface area contributed by atoms with E-state index in [1.807, 2.05) is 13.8 Å². The molecule has 0 saturated heterocycles. The number of carbonyl (C=O) groups excluding carboxylic acids is 1. The first-order valence-corrected chi connectivity index (χ1v) is 6.22. The Morgan fingerprint density at radius 3 is 2.65 bits per heavy atom. The summed E-state index contributed by atoms with van der Waals surface area (Å²) in [5.41, 5.74) is -0.453. The molecule has 0 saturated carbocycles. The summed E-state index contributed by atoms with van der Waals surface area (Å²) in [6, 6.07) is 4.79. The van der Waals surface area contributed by atoms with Crippen molar-refractivity contribution in [1.82, 2.24) is 5.32 Å². The van der Waals surface area contributed by atoms with Crippen molar-refractivity contribution in [2.75, 3.05) is 6.54 Å². The molecular weight excluding hydrogens is 267 g/mol. The number of hydrogen-bond donors (Lipinski definition) is 1. The maximum atomic E-state index is 12.5. The summed E-state index contributed by atoms with van der Waals surface area (Å²) in [6.07, 6.45) is -3.96. The molecule has 0 aliphatic rings. The van der Waals surface area contributed by atoms with Crippen LogP contribution in [0.4, 0.5) is 13.2 Å². The van der Waals surface area contributed by atoms with Crippen molar-refractivity contribution < 1.29 is 18.0 Å². The van der Waals surface area contributed by atoms with Gasteiger partial charge in [-0.05, 0) is 24.1 Å². The Kier molecular flexibility index (Phi) is 5.63. The Bertz CT molecular complexity index is 524. The van der Waals surface area contributed by atoms with Gasteiger partial charge in [0.2, 0.25) is 5.91 Å². The molecule has 0 fully saturated rings. The number of halogens is 3. The molecule has 0 radical (unpaired) electrons. The highest BCUT2D eigenvalue weighted by atomic mass is 19.4. The Labute approximate surface area is 116 Å². The van der Waals surface area contributed by atoms with E-state index in [2.05, 4.69) is 17.2 Å². The molecule has 20 heavy (non-hydrogen) atoms. The topological polar surface area (TPSA) is 29.1 Å². The van der Waals surface area contributed by atoms with Crippen molar-refractivity contribution in [3.05, 3.63) is 35.4 Å². The van der Waals surface area contributed by atoms with Gasteiger partial charge in [-0.15, -0.1) is 0 Å². The summed E-state index contributed by atoms with van der Waals surface area (Å²) in [6.45, 7) is 3.98. The first kappa shape index (κ1) is 16.1. The molecule has 0 aromatic heterocycles. The Morgan fingerprint density at radius 2 is 2.05 bits per heavy atom. The molecule has 108 valence electrons. The van der Waals surface area contributed by atoms with E-state index < -0.39 is 11.7 Å². The summed E-state index contributed by atoms with van der Waals surface area (Å²) in [4.78, 5) is 11.3. The van der Waals surface area contributed by atoms with Crippen molar-refractivity contribution in [1.29, 1.82) is 0 Å². The monoisotopic (exact) mass is 283 g/mol. The second-order valence-electron chi connectivity index (χ2n) is 4.76. The van der Waals surface area contributed by atoms with Crippen LogP contribution in [0.5, 0.6) is 0 Å². The number of benzene rings is 1. The van der Waals surface area contributed by atoms with Gasteiger partial charge in [-0.2, -0.15) is 13.2 Å². The third-order valence-electron chi connectivity index (χ3n) is 2.39. The molecule has 0 spiro atoms. The van der Waals surface area contributed by atoms with Crippen LogP contribution in [0.1, 0.15) is 31.4 Å². The maximum absolute atomic E-state index is 12.5. The Hall–Kier alpha value is -1.96. The lowest BCUT2D eigenvalue weighted by atomic mass is 10.1. The molecule has 1 aromatic rings. The van der Waals surface area contributed by atoms with E-state index in [0.29, 0.717) is 6.42 Å². The van der Waals surface area contributed by atoms with Crippen LogP contribution in [-0.2, 0) is 11.0 Å².